The molecule has 0 aliphatic heterocycles. The number of benzene rings is 1. The summed E-state index contributed by atoms with van der Waals surface area (Å²) in [5, 5.41) is 0. The monoisotopic (exact) mass is 205 g/mol. The molecule has 2 aromatic rings. The largest absolute Gasteiger partial charge is 0.253 e. The summed E-state index contributed by atoms with van der Waals surface area (Å²) in [5.41, 5.74) is 0.988. The maximum absolute atomic E-state index is 13.4. The van der Waals surface area contributed by atoms with Gasteiger partial charge in [0.15, 0.2) is 0 Å². The van der Waals surface area contributed by atoms with Gasteiger partial charge in [-0.05, 0) is 31.2 Å². The zero-order valence-electron chi connectivity index (χ0n) is 8.17. The van der Waals surface area contributed by atoms with E-state index in [0.29, 0.717) is 5.69 Å². The molecule has 1 nitrogen and oxygen atoms in total. The molecule has 3 heteroatoms. The molecule has 0 fully saturated rings. The summed E-state index contributed by atoms with van der Waals surface area (Å²) in [6, 6.07) is 8.88. The zero-order valence-corrected chi connectivity index (χ0v) is 8.17. The fraction of sp³-hybridized carbons (Fsp3) is 0.0833. The number of hydrogen-bond acceptors (Lipinski definition) is 1. The van der Waals surface area contributed by atoms with Crippen molar-refractivity contribution >= 4 is 0 Å². The highest BCUT2D eigenvalue weighted by Crippen LogP contribution is 2.23. The average molecular weight is 205 g/mol. The van der Waals surface area contributed by atoms with Gasteiger partial charge < -0.3 is 0 Å². The minimum atomic E-state index is -0.590. The van der Waals surface area contributed by atoms with Crippen LogP contribution in [0.4, 0.5) is 8.78 Å². The number of rotatable bonds is 1. The van der Waals surface area contributed by atoms with E-state index in [0.717, 1.165) is 5.69 Å². The Bertz CT molecular complexity index is 474. The van der Waals surface area contributed by atoms with E-state index >= 15 is 0 Å². The number of aryl methyl sites for hydroxylation is 1. The minimum Gasteiger partial charge on any atom is -0.253 e. The third kappa shape index (κ3) is 1.86. The van der Waals surface area contributed by atoms with E-state index in [2.05, 4.69) is 4.98 Å². The molecule has 2 rings (SSSR count). The summed E-state index contributed by atoms with van der Waals surface area (Å²) in [4.78, 5) is 4.09. The highest BCUT2D eigenvalue weighted by Gasteiger charge is 2.11. The first kappa shape index (κ1) is 9.77. The molecule has 0 bridgehead atoms. The number of pyridine rings is 1. The summed E-state index contributed by atoms with van der Waals surface area (Å²) in [7, 11) is 0. The van der Waals surface area contributed by atoms with E-state index in [1.807, 2.05) is 0 Å². The van der Waals surface area contributed by atoms with E-state index < -0.39 is 11.6 Å². The summed E-state index contributed by atoms with van der Waals surface area (Å²) >= 11 is 0. The fourth-order valence-corrected chi connectivity index (χ4v) is 1.42. The molecule has 0 aliphatic carbocycles. The lowest BCUT2D eigenvalue weighted by atomic mass is 10.1. The fourth-order valence-electron chi connectivity index (χ4n) is 1.42. The molecule has 1 aromatic carbocycles. The van der Waals surface area contributed by atoms with Crippen molar-refractivity contribution in [2.45, 2.75) is 6.92 Å². The Kier molecular flexibility index (Phi) is 2.46. The van der Waals surface area contributed by atoms with Crippen molar-refractivity contribution in [3.05, 3.63) is 53.7 Å². The Morgan fingerprint density at radius 3 is 2.13 bits per heavy atom. The van der Waals surface area contributed by atoms with Crippen molar-refractivity contribution in [3.63, 3.8) is 0 Å². The van der Waals surface area contributed by atoms with Crippen LogP contribution in [0.3, 0.4) is 0 Å². The van der Waals surface area contributed by atoms with Crippen molar-refractivity contribution in [3.8, 4) is 11.3 Å². The summed E-state index contributed by atoms with van der Waals surface area (Å²) in [6.45, 7) is 1.78. The van der Waals surface area contributed by atoms with E-state index in [4.69, 9.17) is 0 Å². The Morgan fingerprint density at radius 1 is 0.933 bits per heavy atom. The quantitative estimate of drug-likeness (QED) is 0.695. The van der Waals surface area contributed by atoms with Crippen LogP contribution >= 0.6 is 0 Å². The van der Waals surface area contributed by atoms with Gasteiger partial charge >= 0.3 is 0 Å². The summed E-state index contributed by atoms with van der Waals surface area (Å²) in [6.07, 6.45) is 0. The lowest BCUT2D eigenvalue weighted by Crippen LogP contribution is -1.93. The highest BCUT2D eigenvalue weighted by molar-refractivity contribution is 5.60. The molecule has 0 unspecified atom stereocenters. The third-order valence-electron chi connectivity index (χ3n) is 2.11. The van der Waals surface area contributed by atoms with Crippen LogP contribution in [0.25, 0.3) is 11.3 Å². The van der Waals surface area contributed by atoms with E-state index in [1.54, 1.807) is 25.1 Å². The SMILES string of the molecule is Cc1cccc(-c2c(F)cccc2F)n1. The molecule has 0 atom stereocenters. The van der Waals surface area contributed by atoms with Crippen molar-refractivity contribution in [1.29, 1.82) is 0 Å². The molecule has 76 valence electrons. The number of hydrogen-bond donors (Lipinski definition) is 0. The molecule has 1 aromatic heterocycles. The van der Waals surface area contributed by atoms with Crippen LogP contribution in [-0.4, -0.2) is 4.98 Å². The second-order valence-electron chi connectivity index (χ2n) is 3.26. The number of nitrogens with zero attached hydrogens (tertiary/aromatic N) is 1. The second kappa shape index (κ2) is 3.77. The molecule has 0 amide bonds. The standard InChI is InChI=1S/C12H9F2N/c1-8-4-2-7-11(15-8)12-9(13)5-3-6-10(12)14/h2-7H,1H3. The molecule has 15 heavy (non-hydrogen) atoms. The van der Waals surface area contributed by atoms with Gasteiger partial charge in [-0.15, -0.1) is 0 Å². The predicted octanol–water partition coefficient (Wildman–Crippen LogP) is 3.34. The van der Waals surface area contributed by atoms with Gasteiger partial charge in [0.2, 0.25) is 0 Å². The summed E-state index contributed by atoms with van der Waals surface area (Å²) < 4.78 is 26.8. The van der Waals surface area contributed by atoms with Crippen molar-refractivity contribution in [1.82, 2.24) is 4.98 Å². The van der Waals surface area contributed by atoms with Gasteiger partial charge in [0.1, 0.15) is 11.6 Å². The average Bonchev–Trinajstić information content (AvgIpc) is 2.17. The van der Waals surface area contributed by atoms with Crippen molar-refractivity contribution < 1.29 is 8.78 Å². The van der Waals surface area contributed by atoms with Gasteiger partial charge in [0.05, 0.1) is 11.3 Å². The molecule has 0 spiro atoms. The van der Waals surface area contributed by atoms with Gasteiger partial charge in [-0.2, -0.15) is 0 Å². The molecule has 0 radical (unpaired) electrons. The van der Waals surface area contributed by atoms with Gasteiger partial charge in [0, 0.05) is 5.69 Å². The maximum Gasteiger partial charge on any atom is 0.135 e. The Balaban J connectivity index is 2.63. The van der Waals surface area contributed by atoms with Crippen LogP contribution < -0.4 is 0 Å². The van der Waals surface area contributed by atoms with Crippen LogP contribution in [0.2, 0.25) is 0 Å². The van der Waals surface area contributed by atoms with E-state index in [9.17, 15) is 8.78 Å². The van der Waals surface area contributed by atoms with Gasteiger partial charge in [0.25, 0.3) is 0 Å². The normalized spacial score (nSPS) is 10.3. The van der Waals surface area contributed by atoms with Crippen molar-refractivity contribution in [2.75, 3.05) is 0 Å². The Labute approximate surface area is 86.4 Å². The van der Waals surface area contributed by atoms with Crippen LogP contribution in [0.15, 0.2) is 36.4 Å². The van der Waals surface area contributed by atoms with Crippen LogP contribution in [-0.2, 0) is 0 Å². The highest BCUT2D eigenvalue weighted by atomic mass is 19.1. The Hall–Kier alpha value is -1.77. The predicted molar refractivity (Wildman–Crippen MR) is 54.3 cm³/mol. The van der Waals surface area contributed by atoms with Crippen molar-refractivity contribution in [2.24, 2.45) is 0 Å². The zero-order chi connectivity index (χ0) is 10.8. The number of halogens is 2. The smallest absolute Gasteiger partial charge is 0.135 e. The van der Waals surface area contributed by atoms with Crippen LogP contribution in [0.1, 0.15) is 5.69 Å². The first-order chi connectivity index (χ1) is 7.18. The van der Waals surface area contributed by atoms with Crippen LogP contribution in [0.5, 0.6) is 0 Å². The first-order valence-electron chi connectivity index (χ1n) is 4.56. The first-order valence-corrected chi connectivity index (χ1v) is 4.56. The minimum absolute atomic E-state index is 0.0683. The molecular weight excluding hydrogens is 196 g/mol. The maximum atomic E-state index is 13.4. The lowest BCUT2D eigenvalue weighted by molar-refractivity contribution is 0.588. The molecule has 0 saturated heterocycles. The van der Waals surface area contributed by atoms with Gasteiger partial charge in [-0.3, -0.25) is 4.98 Å². The molecule has 0 aliphatic rings. The van der Waals surface area contributed by atoms with Gasteiger partial charge in [-0.1, -0.05) is 12.1 Å². The topological polar surface area (TPSA) is 12.9 Å². The Morgan fingerprint density at radius 2 is 1.53 bits per heavy atom. The second-order valence-corrected chi connectivity index (χ2v) is 3.26. The third-order valence-corrected chi connectivity index (χ3v) is 2.11. The summed E-state index contributed by atoms with van der Waals surface area (Å²) in [5.74, 6) is -1.18. The van der Waals surface area contributed by atoms with E-state index in [1.165, 1.54) is 18.2 Å². The van der Waals surface area contributed by atoms with Gasteiger partial charge in [-0.25, -0.2) is 8.78 Å². The van der Waals surface area contributed by atoms with E-state index in [-0.39, 0.29) is 5.56 Å². The number of aromatic nitrogens is 1. The van der Waals surface area contributed by atoms with Crippen LogP contribution in [0, 0.1) is 18.6 Å². The molecular formula is C12H9F2N. The lowest BCUT2D eigenvalue weighted by Gasteiger charge is -2.04. The molecule has 0 saturated carbocycles. The molecule has 0 N–H and O–H groups in total. The molecule has 1 heterocycles.